The predicted molar refractivity (Wildman–Crippen MR) is 146 cm³/mol. The Balaban J connectivity index is 1.32. The summed E-state index contributed by atoms with van der Waals surface area (Å²) in [5.41, 5.74) is 3.47. The number of Topliss-reactive ketones (excluding diaryl/α,β-unsaturated/α-hetero) is 1. The van der Waals surface area contributed by atoms with Crippen LogP contribution in [0.3, 0.4) is 0 Å². The average Bonchev–Trinajstić information content (AvgIpc) is 2.85. The van der Waals surface area contributed by atoms with Crippen LogP contribution in [0.4, 0.5) is 15.3 Å². The lowest BCUT2D eigenvalue weighted by Gasteiger charge is -2.33. The highest BCUT2D eigenvalue weighted by Gasteiger charge is 2.22. The molecular weight excluding hydrogens is 468 g/mol. The SMILES string of the molecule is Cc1ccc(C(=O)CCNC(=O)N2CCC(Nc3ccc(CCNC(=O)OC(C)(C)C)cc3)CC2)cc1. The molecule has 1 saturated heterocycles. The Bertz CT molecular complexity index is 1040. The highest BCUT2D eigenvalue weighted by molar-refractivity contribution is 5.96. The molecule has 0 aliphatic carbocycles. The van der Waals surface area contributed by atoms with E-state index in [1.807, 2.05) is 69.0 Å². The number of ether oxygens (including phenoxy) is 1. The van der Waals surface area contributed by atoms with Gasteiger partial charge in [0.05, 0.1) is 0 Å². The molecule has 1 aliphatic heterocycles. The van der Waals surface area contributed by atoms with Crippen LogP contribution in [-0.4, -0.2) is 60.6 Å². The van der Waals surface area contributed by atoms with E-state index in [0.29, 0.717) is 44.2 Å². The van der Waals surface area contributed by atoms with E-state index in [-0.39, 0.29) is 11.8 Å². The van der Waals surface area contributed by atoms with Gasteiger partial charge in [-0.05, 0) is 64.7 Å². The molecule has 2 aromatic rings. The summed E-state index contributed by atoms with van der Waals surface area (Å²) in [6, 6.07) is 15.9. The van der Waals surface area contributed by atoms with E-state index in [1.165, 1.54) is 0 Å². The van der Waals surface area contributed by atoms with Crippen LogP contribution in [0.15, 0.2) is 48.5 Å². The third-order valence-corrected chi connectivity index (χ3v) is 6.19. The maximum Gasteiger partial charge on any atom is 0.407 e. The third kappa shape index (κ3) is 9.79. The Morgan fingerprint density at radius 3 is 2.19 bits per heavy atom. The minimum Gasteiger partial charge on any atom is -0.444 e. The van der Waals surface area contributed by atoms with Gasteiger partial charge in [-0.15, -0.1) is 0 Å². The van der Waals surface area contributed by atoms with Gasteiger partial charge in [-0.2, -0.15) is 0 Å². The van der Waals surface area contributed by atoms with E-state index in [2.05, 4.69) is 28.1 Å². The van der Waals surface area contributed by atoms with Crippen LogP contribution in [0.25, 0.3) is 0 Å². The Labute approximate surface area is 220 Å². The normalized spacial score (nSPS) is 14.1. The summed E-state index contributed by atoms with van der Waals surface area (Å²) in [6.45, 7) is 9.71. The molecule has 3 rings (SSSR count). The van der Waals surface area contributed by atoms with Gasteiger partial charge >= 0.3 is 12.1 Å². The van der Waals surface area contributed by atoms with Gasteiger partial charge in [-0.3, -0.25) is 4.79 Å². The lowest BCUT2D eigenvalue weighted by molar-refractivity contribution is 0.0528. The number of piperidine rings is 1. The highest BCUT2D eigenvalue weighted by Crippen LogP contribution is 2.18. The van der Waals surface area contributed by atoms with Gasteiger partial charge in [0.25, 0.3) is 0 Å². The maximum absolute atomic E-state index is 12.5. The van der Waals surface area contributed by atoms with Crippen molar-refractivity contribution in [1.82, 2.24) is 15.5 Å². The first-order valence-electron chi connectivity index (χ1n) is 13.0. The second-order valence-electron chi connectivity index (χ2n) is 10.6. The molecule has 1 fully saturated rings. The maximum atomic E-state index is 12.5. The number of urea groups is 1. The van der Waals surface area contributed by atoms with Crippen LogP contribution >= 0.6 is 0 Å². The Morgan fingerprint density at radius 1 is 0.919 bits per heavy atom. The summed E-state index contributed by atoms with van der Waals surface area (Å²) >= 11 is 0. The van der Waals surface area contributed by atoms with Crippen molar-refractivity contribution in [2.24, 2.45) is 0 Å². The highest BCUT2D eigenvalue weighted by atomic mass is 16.6. The number of rotatable bonds is 9. The molecule has 8 nitrogen and oxygen atoms in total. The van der Waals surface area contributed by atoms with Crippen LogP contribution in [-0.2, 0) is 11.2 Å². The first-order valence-corrected chi connectivity index (χ1v) is 13.0. The number of alkyl carbamates (subject to hydrolysis) is 1. The largest absolute Gasteiger partial charge is 0.444 e. The number of carbonyl (C=O) groups excluding carboxylic acids is 3. The van der Waals surface area contributed by atoms with Gasteiger partial charge < -0.3 is 25.6 Å². The van der Waals surface area contributed by atoms with E-state index in [1.54, 1.807) is 0 Å². The fourth-order valence-corrected chi connectivity index (χ4v) is 4.13. The fourth-order valence-electron chi connectivity index (χ4n) is 4.13. The number of likely N-dealkylation sites (tertiary alicyclic amines) is 1. The van der Waals surface area contributed by atoms with Crippen LogP contribution in [0, 0.1) is 6.92 Å². The van der Waals surface area contributed by atoms with Crippen LogP contribution in [0.5, 0.6) is 0 Å². The number of nitrogens with one attached hydrogen (secondary N) is 3. The number of carbonyl (C=O) groups is 3. The summed E-state index contributed by atoms with van der Waals surface area (Å²) in [7, 11) is 0. The smallest absolute Gasteiger partial charge is 0.407 e. The summed E-state index contributed by atoms with van der Waals surface area (Å²) in [6.07, 6.45) is 2.33. The molecule has 0 radical (unpaired) electrons. The number of anilines is 1. The monoisotopic (exact) mass is 508 g/mol. The Kier molecular flexibility index (Phi) is 9.94. The lowest BCUT2D eigenvalue weighted by atomic mass is 10.0. The number of amides is 3. The van der Waals surface area contributed by atoms with Crippen LogP contribution in [0.2, 0.25) is 0 Å². The molecule has 0 atom stereocenters. The topological polar surface area (TPSA) is 99.8 Å². The molecule has 0 bridgehead atoms. The molecular formula is C29H40N4O4. The van der Waals surface area contributed by atoms with Crippen molar-refractivity contribution in [3.05, 3.63) is 65.2 Å². The van der Waals surface area contributed by atoms with Gasteiger partial charge in [0.1, 0.15) is 5.60 Å². The molecule has 0 aromatic heterocycles. The first-order chi connectivity index (χ1) is 17.6. The second kappa shape index (κ2) is 13.1. The molecule has 2 aromatic carbocycles. The molecule has 3 N–H and O–H groups in total. The van der Waals surface area contributed by atoms with E-state index < -0.39 is 11.7 Å². The van der Waals surface area contributed by atoms with Crippen molar-refractivity contribution in [3.63, 3.8) is 0 Å². The van der Waals surface area contributed by atoms with Crippen molar-refractivity contribution in [3.8, 4) is 0 Å². The Hall–Kier alpha value is -3.55. The number of benzene rings is 2. The van der Waals surface area contributed by atoms with Crippen molar-refractivity contribution < 1.29 is 19.1 Å². The average molecular weight is 509 g/mol. The minimum atomic E-state index is -0.500. The quantitative estimate of drug-likeness (QED) is 0.418. The second-order valence-corrected chi connectivity index (χ2v) is 10.6. The van der Waals surface area contributed by atoms with Gasteiger partial charge in [0.2, 0.25) is 0 Å². The van der Waals surface area contributed by atoms with Crippen molar-refractivity contribution >= 4 is 23.6 Å². The number of aryl methyl sites for hydroxylation is 1. The number of nitrogens with zero attached hydrogens (tertiary/aromatic N) is 1. The molecule has 3 amide bonds. The van der Waals surface area contributed by atoms with E-state index in [4.69, 9.17) is 4.74 Å². The molecule has 1 aliphatic rings. The molecule has 200 valence electrons. The summed E-state index contributed by atoms with van der Waals surface area (Å²) in [4.78, 5) is 38.4. The first kappa shape index (κ1) is 28.0. The van der Waals surface area contributed by atoms with Gasteiger partial charge in [-0.25, -0.2) is 9.59 Å². The Morgan fingerprint density at radius 2 is 1.57 bits per heavy atom. The fraction of sp³-hybridized carbons (Fsp3) is 0.483. The van der Waals surface area contributed by atoms with E-state index in [9.17, 15) is 14.4 Å². The van der Waals surface area contributed by atoms with Crippen LogP contribution in [0.1, 0.15) is 61.5 Å². The summed E-state index contributed by atoms with van der Waals surface area (Å²) < 4.78 is 5.25. The number of hydrogen-bond acceptors (Lipinski definition) is 5. The third-order valence-electron chi connectivity index (χ3n) is 6.19. The zero-order valence-electron chi connectivity index (χ0n) is 22.4. The standard InChI is InChI=1S/C29H40N4O4/c1-21-5-9-23(10-6-21)26(34)14-18-30-27(35)33-19-15-25(16-20-33)32-24-11-7-22(8-12-24)13-17-31-28(36)37-29(2,3)4/h5-12,25,32H,13-20H2,1-4H3,(H,30,35)(H,31,36). The molecule has 0 spiro atoms. The number of hydrogen-bond donors (Lipinski definition) is 3. The molecule has 0 unspecified atom stereocenters. The van der Waals surface area contributed by atoms with Crippen molar-refractivity contribution in [1.29, 1.82) is 0 Å². The van der Waals surface area contributed by atoms with Crippen LogP contribution < -0.4 is 16.0 Å². The van der Waals surface area contributed by atoms with Crippen molar-refractivity contribution in [2.45, 2.75) is 65.0 Å². The molecule has 0 saturated carbocycles. The number of ketones is 1. The molecule has 37 heavy (non-hydrogen) atoms. The molecule has 8 heteroatoms. The summed E-state index contributed by atoms with van der Waals surface area (Å²) in [5, 5.41) is 9.21. The van der Waals surface area contributed by atoms with E-state index >= 15 is 0 Å². The van der Waals surface area contributed by atoms with Gasteiger partial charge in [0, 0.05) is 49.9 Å². The predicted octanol–water partition coefficient (Wildman–Crippen LogP) is 4.92. The zero-order valence-corrected chi connectivity index (χ0v) is 22.4. The summed E-state index contributed by atoms with van der Waals surface area (Å²) in [5.74, 6) is 0.0357. The molecule has 1 heterocycles. The van der Waals surface area contributed by atoms with Gasteiger partial charge in [0.15, 0.2) is 5.78 Å². The van der Waals surface area contributed by atoms with Gasteiger partial charge in [-0.1, -0.05) is 42.0 Å². The van der Waals surface area contributed by atoms with E-state index in [0.717, 1.165) is 36.1 Å². The zero-order chi connectivity index (χ0) is 26.8. The lowest BCUT2D eigenvalue weighted by Crippen LogP contribution is -2.47. The van der Waals surface area contributed by atoms with Crippen molar-refractivity contribution in [2.75, 3.05) is 31.5 Å². The minimum absolute atomic E-state index is 0.0357.